The van der Waals surface area contributed by atoms with Crippen molar-refractivity contribution in [1.29, 1.82) is 0 Å². The van der Waals surface area contributed by atoms with E-state index in [0.29, 0.717) is 12.1 Å². The zero-order chi connectivity index (χ0) is 14.5. The lowest BCUT2D eigenvalue weighted by atomic mass is 9.84. The summed E-state index contributed by atoms with van der Waals surface area (Å²) in [5.74, 6) is 0.833. The van der Waals surface area contributed by atoms with E-state index in [1.807, 2.05) is 0 Å². The molecule has 1 aromatic heterocycles. The number of halogens is 1. The topological polar surface area (TPSA) is 29.9 Å². The summed E-state index contributed by atoms with van der Waals surface area (Å²) in [7, 11) is 0. The standard InChI is InChI=1S/C16H28ClN3/c1-4-18-15(10-13-8-6-5-7-9-13)16-14(17)11-19-20(16)12(2)3/h11-13,15,18H,4-10H2,1-3H3. The zero-order valence-electron chi connectivity index (χ0n) is 13.0. The van der Waals surface area contributed by atoms with Gasteiger partial charge in [0, 0.05) is 6.04 Å². The van der Waals surface area contributed by atoms with Crippen LogP contribution in [0, 0.1) is 5.92 Å². The Balaban J connectivity index is 2.16. The van der Waals surface area contributed by atoms with Crippen LogP contribution in [0.15, 0.2) is 6.20 Å². The molecule has 1 aliphatic rings. The molecule has 1 atom stereocenters. The van der Waals surface area contributed by atoms with E-state index in [1.54, 1.807) is 6.20 Å². The molecule has 1 unspecified atom stereocenters. The highest BCUT2D eigenvalue weighted by Crippen LogP contribution is 2.35. The monoisotopic (exact) mass is 297 g/mol. The maximum Gasteiger partial charge on any atom is 0.0834 e. The average Bonchev–Trinajstić information content (AvgIpc) is 2.81. The first-order valence-corrected chi connectivity index (χ1v) is 8.47. The Hall–Kier alpha value is -0.540. The average molecular weight is 298 g/mol. The van der Waals surface area contributed by atoms with Crippen LogP contribution in [0.5, 0.6) is 0 Å². The molecule has 0 amide bonds. The smallest absolute Gasteiger partial charge is 0.0834 e. The maximum absolute atomic E-state index is 6.41. The van der Waals surface area contributed by atoms with Gasteiger partial charge in [-0.25, -0.2) is 0 Å². The number of aromatic nitrogens is 2. The van der Waals surface area contributed by atoms with Gasteiger partial charge in [-0.1, -0.05) is 50.6 Å². The maximum atomic E-state index is 6.41. The molecule has 20 heavy (non-hydrogen) atoms. The van der Waals surface area contributed by atoms with Crippen LogP contribution in [0.4, 0.5) is 0 Å². The van der Waals surface area contributed by atoms with Gasteiger partial charge < -0.3 is 5.32 Å². The van der Waals surface area contributed by atoms with E-state index in [9.17, 15) is 0 Å². The Morgan fingerprint density at radius 2 is 2.05 bits per heavy atom. The molecule has 0 radical (unpaired) electrons. The van der Waals surface area contributed by atoms with Crippen molar-refractivity contribution >= 4 is 11.6 Å². The molecule has 4 heteroatoms. The first-order valence-electron chi connectivity index (χ1n) is 8.09. The van der Waals surface area contributed by atoms with Gasteiger partial charge in [-0.15, -0.1) is 0 Å². The lowest BCUT2D eigenvalue weighted by Gasteiger charge is -2.28. The van der Waals surface area contributed by atoms with E-state index < -0.39 is 0 Å². The van der Waals surface area contributed by atoms with Crippen LogP contribution < -0.4 is 5.32 Å². The van der Waals surface area contributed by atoms with E-state index in [-0.39, 0.29) is 0 Å². The molecular weight excluding hydrogens is 270 g/mol. The summed E-state index contributed by atoms with van der Waals surface area (Å²) in [6, 6.07) is 0.686. The summed E-state index contributed by atoms with van der Waals surface area (Å²) in [5, 5.41) is 8.89. The van der Waals surface area contributed by atoms with Crippen molar-refractivity contribution < 1.29 is 0 Å². The van der Waals surface area contributed by atoms with Gasteiger partial charge in [0.2, 0.25) is 0 Å². The Kier molecular flexibility index (Phi) is 5.91. The highest BCUT2D eigenvalue weighted by atomic mass is 35.5. The van der Waals surface area contributed by atoms with Crippen LogP contribution in [-0.4, -0.2) is 16.3 Å². The van der Waals surface area contributed by atoms with Crippen molar-refractivity contribution in [2.24, 2.45) is 5.92 Å². The minimum absolute atomic E-state index is 0.334. The Labute approximate surface area is 128 Å². The molecule has 0 aromatic carbocycles. The van der Waals surface area contributed by atoms with Gasteiger partial charge in [0.05, 0.1) is 23.0 Å². The van der Waals surface area contributed by atoms with Gasteiger partial charge in [-0.05, 0) is 32.7 Å². The molecule has 0 spiro atoms. The molecule has 1 heterocycles. The first-order chi connectivity index (χ1) is 9.63. The third-order valence-corrected chi connectivity index (χ3v) is 4.64. The minimum atomic E-state index is 0.334. The van der Waals surface area contributed by atoms with Crippen LogP contribution in [0.3, 0.4) is 0 Å². The molecule has 114 valence electrons. The van der Waals surface area contributed by atoms with Crippen molar-refractivity contribution in [2.45, 2.75) is 71.4 Å². The third-order valence-electron chi connectivity index (χ3n) is 4.35. The molecule has 0 bridgehead atoms. The molecule has 3 nitrogen and oxygen atoms in total. The van der Waals surface area contributed by atoms with E-state index >= 15 is 0 Å². The molecule has 1 aromatic rings. The molecule has 1 aliphatic carbocycles. The normalized spacial score (nSPS) is 18.6. The Morgan fingerprint density at radius 1 is 1.35 bits per heavy atom. The van der Waals surface area contributed by atoms with E-state index in [2.05, 4.69) is 35.9 Å². The Bertz CT molecular complexity index is 408. The van der Waals surface area contributed by atoms with Gasteiger partial charge in [0.1, 0.15) is 0 Å². The molecular formula is C16H28ClN3. The SMILES string of the molecule is CCNC(CC1CCCCC1)c1c(Cl)cnn1C(C)C. The summed E-state index contributed by atoms with van der Waals surface area (Å²) in [4.78, 5) is 0. The fourth-order valence-electron chi connectivity index (χ4n) is 3.38. The number of hydrogen-bond donors (Lipinski definition) is 1. The first kappa shape index (κ1) is 15.8. The van der Waals surface area contributed by atoms with Crippen molar-refractivity contribution in [3.63, 3.8) is 0 Å². The fourth-order valence-corrected chi connectivity index (χ4v) is 3.64. The lowest BCUT2D eigenvalue weighted by molar-refractivity contribution is 0.292. The second-order valence-corrected chi connectivity index (χ2v) is 6.67. The Morgan fingerprint density at radius 3 is 2.65 bits per heavy atom. The summed E-state index contributed by atoms with van der Waals surface area (Å²) in [6.45, 7) is 7.46. The zero-order valence-corrected chi connectivity index (χ0v) is 13.8. The fraction of sp³-hybridized carbons (Fsp3) is 0.812. The van der Waals surface area contributed by atoms with Crippen LogP contribution in [0.2, 0.25) is 5.02 Å². The second-order valence-electron chi connectivity index (χ2n) is 6.27. The van der Waals surface area contributed by atoms with Crippen LogP contribution in [0.25, 0.3) is 0 Å². The van der Waals surface area contributed by atoms with Gasteiger partial charge in [0.25, 0.3) is 0 Å². The summed E-state index contributed by atoms with van der Waals surface area (Å²) in [6.07, 6.45) is 9.91. The number of nitrogens with zero attached hydrogens (tertiary/aromatic N) is 2. The largest absolute Gasteiger partial charge is 0.309 e. The quantitative estimate of drug-likeness (QED) is 0.822. The van der Waals surface area contributed by atoms with Crippen molar-refractivity contribution in [3.8, 4) is 0 Å². The molecule has 1 saturated carbocycles. The molecule has 0 aliphatic heterocycles. The van der Waals surface area contributed by atoms with Crippen molar-refractivity contribution in [2.75, 3.05) is 6.54 Å². The summed E-state index contributed by atoms with van der Waals surface area (Å²) >= 11 is 6.41. The predicted molar refractivity (Wildman–Crippen MR) is 85.2 cm³/mol. The molecule has 1 fully saturated rings. The summed E-state index contributed by atoms with van der Waals surface area (Å²) in [5.41, 5.74) is 1.18. The number of nitrogens with one attached hydrogen (secondary N) is 1. The van der Waals surface area contributed by atoms with E-state index in [4.69, 9.17) is 11.6 Å². The molecule has 1 N–H and O–H groups in total. The van der Waals surface area contributed by atoms with Gasteiger partial charge in [-0.3, -0.25) is 4.68 Å². The minimum Gasteiger partial charge on any atom is -0.309 e. The number of rotatable bonds is 6. The van der Waals surface area contributed by atoms with Crippen molar-refractivity contribution in [3.05, 3.63) is 16.9 Å². The summed E-state index contributed by atoms with van der Waals surface area (Å²) < 4.78 is 2.08. The highest BCUT2D eigenvalue weighted by Gasteiger charge is 2.25. The van der Waals surface area contributed by atoms with E-state index in [1.165, 1.54) is 44.2 Å². The van der Waals surface area contributed by atoms with Gasteiger partial charge >= 0.3 is 0 Å². The predicted octanol–water partition coefficient (Wildman–Crippen LogP) is 4.74. The third kappa shape index (κ3) is 3.76. The van der Waals surface area contributed by atoms with Crippen molar-refractivity contribution in [1.82, 2.24) is 15.1 Å². The van der Waals surface area contributed by atoms with Crippen LogP contribution in [0.1, 0.15) is 77.1 Å². The van der Waals surface area contributed by atoms with Gasteiger partial charge in [-0.2, -0.15) is 5.10 Å². The van der Waals surface area contributed by atoms with Gasteiger partial charge in [0.15, 0.2) is 0 Å². The van der Waals surface area contributed by atoms with Crippen LogP contribution in [-0.2, 0) is 0 Å². The van der Waals surface area contributed by atoms with E-state index in [0.717, 1.165) is 17.5 Å². The van der Waals surface area contributed by atoms with Crippen LogP contribution >= 0.6 is 11.6 Å². The second kappa shape index (κ2) is 7.46. The lowest BCUT2D eigenvalue weighted by Crippen LogP contribution is -2.27. The molecule has 2 rings (SSSR count). The highest BCUT2D eigenvalue weighted by molar-refractivity contribution is 6.31. The number of hydrogen-bond acceptors (Lipinski definition) is 2. The molecule has 0 saturated heterocycles.